The van der Waals surface area contributed by atoms with E-state index in [1.807, 2.05) is 36.4 Å². The molecule has 0 radical (unpaired) electrons. The fourth-order valence-corrected chi connectivity index (χ4v) is 3.79. The minimum atomic E-state index is -0.750. The monoisotopic (exact) mass is 428 g/mol. The van der Waals surface area contributed by atoms with Crippen molar-refractivity contribution in [3.05, 3.63) is 54.1 Å². The molecule has 1 fully saturated rings. The predicted molar refractivity (Wildman–Crippen MR) is 119 cm³/mol. The van der Waals surface area contributed by atoms with Gasteiger partial charge in [-0.1, -0.05) is 18.2 Å². The highest BCUT2D eigenvalue weighted by Crippen LogP contribution is 2.22. The zero-order valence-electron chi connectivity index (χ0n) is 18.3. The SMILES string of the molecule is COc1cccc(CNCC[C@H]2CCC(=O)N2C[C@H](O)COc2cccc(OC)c2)c1. The quantitative estimate of drug-likeness (QED) is 0.506. The van der Waals surface area contributed by atoms with Crippen molar-refractivity contribution < 1.29 is 24.1 Å². The van der Waals surface area contributed by atoms with E-state index in [1.165, 1.54) is 0 Å². The van der Waals surface area contributed by atoms with Gasteiger partial charge in [0.05, 0.1) is 20.8 Å². The van der Waals surface area contributed by atoms with Crippen LogP contribution in [0, 0.1) is 0 Å². The molecule has 7 nitrogen and oxygen atoms in total. The Kier molecular flexibility index (Phi) is 8.55. The lowest BCUT2D eigenvalue weighted by Crippen LogP contribution is -2.42. The number of benzene rings is 2. The smallest absolute Gasteiger partial charge is 0.222 e. The van der Waals surface area contributed by atoms with Gasteiger partial charge in [-0.25, -0.2) is 0 Å². The van der Waals surface area contributed by atoms with Gasteiger partial charge in [-0.15, -0.1) is 0 Å². The van der Waals surface area contributed by atoms with Crippen LogP contribution in [0.5, 0.6) is 17.2 Å². The standard InChI is InChI=1S/C24H32N2O5/c1-29-21-6-3-5-18(13-21)15-25-12-11-19-9-10-24(28)26(19)16-20(27)17-31-23-8-4-7-22(14-23)30-2/h3-8,13-14,19-20,25,27H,9-12,15-17H2,1-2H3/t19-,20+/m1/s1. The number of amides is 1. The van der Waals surface area contributed by atoms with Crippen molar-refractivity contribution in [3.63, 3.8) is 0 Å². The first-order chi connectivity index (χ1) is 15.1. The van der Waals surface area contributed by atoms with Crippen molar-refractivity contribution in [2.24, 2.45) is 0 Å². The molecule has 31 heavy (non-hydrogen) atoms. The summed E-state index contributed by atoms with van der Waals surface area (Å²) in [7, 11) is 3.26. The summed E-state index contributed by atoms with van der Waals surface area (Å²) in [6.45, 7) is 1.94. The number of carbonyl (C=O) groups is 1. The summed E-state index contributed by atoms with van der Waals surface area (Å²) in [6, 6.07) is 15.3. The normalized spacial score (nSPS) is 16.9. The Hall–Kier alpha value is -2.77. The number of β-amino-alcohol motifs (C(OH)–C–C–N with tert-alkyl or cyclic N) is 1. The number of aliphatic hydroxyl groups is 1. The summed E-state index contributed by atoms with van der Waals surface area (Å²) in [5.74, 6) is 2.27. The van der Waals surface area contributed by atoms with Crippen molar-refractivity contribution in [1.82, 2.24) is 10.2 Å². The van der Waals surface area contributed by atoms with E-state index >= 15 is 0 Å². The van der Waals surface area contributed by atoms with Crippen molar-refractivity contribution in [2.75, 3.05) is 33.9 Å². The van der Waals surface area contributed by atoms with Crippen LogP contribution in [-0.2, 0) is 11.3 Å². The number of rotatable bonds is 12. The molecule has 2 atom stereocenters. The lowest BCUT2D eigenvalue weighted by Gasteiger charge is -2.27. The Morgan fingerprint density at radius 1 is 1.10 bits per heavy atom. The lowest BCUT2D eigenvalue weighted by molar-refractivity contribution is -0.130. The summed E-state index contributed by atoms with van der Waals surface area (Å²) < 4.78 is 16.1. The Bertz CT molecular complexity index is 844. The van der Waals surface area contributed by atoms with Crippen LogP contribution in [-0.4, -0.2) is 62.0 Å². The number of nitrogens with one attached hydrogen (secondary N) is 1. The summed E-state index contributed by atoms with van der Waals surface area (Å²) in [6.07, 6.45) is 1.45. The van der Waals surface area contributed by atoms with Gasteiger partial charge in [0.2, 0.25) is 5.91 Å². The van der Waals surface area contributed by atoms with Crippen LogP contribution in [0.15, 0.2) is 48.5 Å². The van der Waals surface area contributed by atoms with Gasteiger partial charge in [-0.3, -0.25) is 4.79 Å². The van der Waals surface area contributed by atoms with Gasteiger partial charge in [0.15, 0.2) is 0 Å². The number of likely N-dealkylation sites (tertiary alicyclic amines) is 1. The molecule has 0 saturated carbocycles. The lowest BCUT2D eigenvalue weighted by atomic mass is 10.1. The molecule has 1 heterocycles. The number of hydrogen-bond acceptors (Lipinski definition) is 6. The molecule has 7 heteroatoms. The van der Waals surface area contributed by atoms with E-state index < -0.39 is 6.10 Å². The van der Waals surface area contributed by atoms with Gasteiger partial charge in [-0.05, 0) is 49.2 Å². The molecule has 1 aliphatic rings. The Labute approximate surface area is 183 Å². The predicted octanol–water partition coefficient (Wildman–Crippen LogP) is 2.61. The van der Waals surface area contributed by atoms with E-state index in [0.29, 0.717) is 17.9 Å². The van der Waals surface area contributed by atoms with Crippen LogP contribution in [0.1, 0.15) is 24.8 Å². The summed E-state index contributed by atoms with van der Waals surface area (Å²) in [4.78, 5) is 14.1. The first kappa shape index (κ1) is 22.9. The maximum absolute atomic E-state index is 12.3. The van der Waals surface area contributed by atoms with Gasteiger partial charge < -0.3 is 29.5 Å². The van der Waals surface area contributed by atoms with Crippen LogP contribution in [0.2, 0.25) is 0 Å². The second kappa shape index (κ2) is 11.6. The Balaban J connectivity index is 1.42. The first-order valence-electron chi connectivity index (χ1n) is 10.7. The number of aliphatic hydroxyl groups excluding tert-OH is 1. The molecule has 0 aromatic heterocycles. The Morgan fingerprint density at radius 3 is 2.58 bits per heavy atom. The van der Waals surface area contributed by atoms with Crippen LogP contribution < -0.4 is 19.5 Å². The second-order valence-corrected chi connectivity index (χ2v) is 7.70. The van der Waals surface area contributed by atoms with Gasteiger partial charge in [0.25, 0.3) is 0 Å². The zero-order valence-corrected chi connectivity index (χ0v) is 18.3. The van der Waals surface area contributed by atoms with Gasteiger partial charge in [0, 0.05) is 25.1 Å². The molecule has 0 unspecified atom stereocenters. The molecule has 0 bridgehead atoms. The first-order valence-corrected chi connectivity index (χ1v) is 10.7. The summed E-state index contributed by atoms with van der Waals surface area (Å²) >= 11 is 0. The molecular formula is C24H32N2O5. The van der Waals surface area contributed by atoms with E-state index in [1.54, 1.807) is 25.2 Å². The van der Waals surface area contributed by atoms with Crippen LogP contribution in [0.3, 0.4) is 0 Å². The molecule has 1 amide bonds. The van der Waals surface area contributed by atoms with Crippen molar-refractivity contribution in [2.45, 2.75) is 38.0 Å². The van der Waals surface area contributed by atoms with E-state index in [0.717, 1.165) is 37.2 Å². The van der Waals surface area contributed by atoms with Crippen molar-refractivity contribution >= 4 is 5.91 Å². The number of methoxy groups -OCH3 is 2. The molecule has 1 aliphatic heterocycles. The van der Waals surface area contributed by atoms with Crippen molar-refractivity contribution in [3.8, 4) is 17.2 Å². The fraction of sp³-hybridized carbons (Fsp3) is 0.458. The maximum atomic E-state index is 12.3. The molecule has 168 valence electrons. The maximum Gasteiger partial charge on any atom is 0.222 e. The van der Waals surface area contributed by atoms with E-state index in [-0.39, 0.29) is 25.1 Å². The van der Waals surface area contributed by atoms with Gasteiger partial charge in [-0.2, -0.15) is 0 Å². The second-order valence-electron chi connectivity index (χ2n) is 7.70. The molecule has 3 rings (SSSR count). The zero-order chi connectivity index (χ0) is 22.1. The third-order valence-electron chi connectivity index (χ3n) is 5.46. The number of nitrogens with zero attached hydrogens (tertiary/aromatic N) is 1. The molecular weight excluding hydrogens is 396 g/mol. The molecule has 1 saturated heterocycles. The highest BCUT2D eigenvalue weighted by atomic mass is 16.5. The number of ether oxygens (including phenoxy) is 3. The summed E-state index contributed by atoms with van der Waals surface area (Å²) in [5.41, 5.74) is 1.16. The molecule has 2 N–H and O–H groups in total. The largest absolute Gasteiger partial charge is 0.497 e. The number of hydrogen-bond donors (Lipinski definition) is 2. The molecule has 2 aromatic rings. The molecule has 2 aromatic carbocycles. The highest BCUT2D eigenvalue weighted by Gasteiger charge is 2.31. The minimum absolute atomic E-state index is 0.0956. The molecule has 0 aliphatic carbocycles. The van der Waals surface area contributed by atoms with E-state index in [4.69, 9.17) is 14.2 Å². The molecule has 0 spiro atoms. The van der Waals surface area contributed by atoms with Crippen LogP contribution in [0.4, 0.5) is 0 Å². The summed E-state index contributed by atoms with van der Waals surface area (Å²) in [5, 5.41) is 13.9. The highest BCUT2D eigenvalue weighted by molar-refractivity contribution is 5.78. The van der Waals surface area contributed by atoms with Crippen LogP contribution in [0.25, 0.3) is 0 Å². The Morgan fingerprint density at radius 2 is 1.81 bits per heavy atom. The van der Waals surface area contributed by atoms with Gasteiger partial charge in [0.1, 0.15) is 30.0 Å². The third kappa shape index (κ3) is 6.87. The van der Waals surface area contributed by atoms with E-state index in [9.17, 15) is 9.90 Å². The van der Waals surface area contributed by atoms with Crippen LogP contribution >= 0.6 is 0 Å². The average molecular weight is 429 g/mol. The van der Waals surface area contributed by atoms with Gasteiger partial charge >= 0.3 is 0 Å². The minimum Gasteiger partial charge on any atom is -0.497 e. The number of carbonyl (C=O) groups excluding carboxylic acids is 1. The third-order valence-corrected chi connectivity index (χ3v) is 5.46. The average Bonchev–Trinajstić information content (AvgIpc) is 3.14. The fourth-order valence-electron chi connectivity index (χ4n) is 3.79. The topological polar surface area (TPSA) is 80.3 Å². The van der Waals surface area contributed by atoms with E-state index in [2.05, 4.69) is 11.4 Å². The van der Waals surface area contributed by atoms with Crippen molar-refractivity contribution in [1.29, 1.82) is 0 Å².